The van der Waals surface area contributed by atoms with E-state index in [-0.39, 0.29) is 23.4 Å². The van der Waals surface area contributed by atoms with Gasteiger partial charge in [0, 0.05) is 28.8 Å². The normalized spacial score (nSPS) is 11.8. The van der Waals surface area contributed by atoms with Crippen LogP contribution in [0.5, 0.6) is 0 Å². The second-order valence-corrected chi connectivity index (χ2v) is 5.42. The summed E-state index contributed by atoms with van der Waals surface area (Å²) in [7, 11) is 0. The number of aliphatic hydroxyl groups excluding tert-OH is 1. The largest absolute Gasteiger partial charge is 0.387 e. The first-order chi connectivity index (χ1) is 10.9. The molecule has 6 nitrogen and oxygen atoms in total. The van der Waals surface area contributed by atoms with Gasteiger partial charge in [-0.15, -0.1) is 0 Å². The minimum absolute atomic E-state index is 0.0113. The minimum atomic E-state index is -0.893. The highest BCUT2D eigenvalue weighted by molar-refractivity contribution is 6.30. The molecule has 0 saturated heterocycles. The number of aliphatic hydroxyl groups is 1. The summed E-state index contributed by atoms with van der Waals surface area (Å²) >= 11 is 5.78. The zero-order valence-electron chi connectivity index (χ0n) is 12.3. The molecule has 0 saturated carbocycles. The molecule has 2 N–H and O–H groups in total. The fourth-order valence-electron chi connectivity index (χ4n) is 2.15. The molecular formula is C16H15ClN2O4. The van der Waals surface area contributed by atoms with Crippen molar-refractivity contribution in [3.63, 3.8) is 0 Å². The average Bonchev–Trinajstić information content (AvgIpc) is 2.53. The Hall–Kier alpha value is -2.44. The number of nitro groups is 1. The van der Waals surface area contributed by atoms with Crippen molar-refractivity contribution in [2.75, 3.05) is 6.54 Å². The number of hydrogen-bond acceptors (Lipinski definition) is 4. The zero-order chi connectivity index (χ0) is 17.0. The Bertz CT molecular complexity index is 731. The molecule has 120 valence electrons. The molecule has 0 spiro atoms. The molecule has 2 aromatic rings. The smallest absolute Gasteiger partial charge is 0.273 e. The molecule has 2 rings (SSSR count). The highest BCUT2D eigenvalue weighted by Crippen LogP contribution is 2.21. The number of amides is 1. The van der Waals surface area contributed by atoms with Crippen LogP contribution in [-0.4, -0.2) is 22.5 Å². The van der Waals surface area contributed by atoms with Crippen LogP contribution in [0.15, 0.2) is 42.5 Å². The van der Waals surface area contributed by atoms with Gasteiger partial charge < -0.3 is 10.4 Å². The number of halogens is 1. The van der Waals surface area contributed by atoms with Crippen molar-refractivity contribution in [1.29, 1.82) is 0 Å². The van der Waals surface area contributed by atoms with Gasteiger partial charge in [-0.05, 0) is 30.7 Å². The third kappa shape index (κ3) is 4.06. The molecule has 0 radical (unpaired) electrons. The van der Waals surface area contributed by atoms with Crippen molar-refractivity contribution in [3.05, 3.63) is 74.3 Å². The molecule has 0 aliphatic rings. The standard InChI is InChI=1S/C16H15ClN2O4/c1-10-13(3-2-4-14(10)19(22)23)16(21)18-9-15(20)11-5-7-12(17)8-6-11/h2-8,15,20H,9H2,1H3,(H,18,21). The predicted molar refractivity (Wildman–Crippen MR) is 86.6 cm³/mol. The topological polar surface area (TPSA) is 92.5 Å². The van der Waals surface area contributed by atoms with Gasteiger partial charge in [0.15, 0.2) is 0 Å². The molecule has 1 unspecified atom stereocenters. The first-order valence-corrected chi connectivity index (χ1v) is 7.23. The van der Waals surface area contributed by atoms with Gasteiger partial charge in [0.25, 0.3) is 11.6 Å². The minimum Gasteiger partial charge on any atom is -0.387 e. The summed E-state index contributed by atoms with van der Waals surface area (Å²) in [4.78, 5) is 22.5. The van der Waals surface area contributed by atoms with E-state index in [2.05, 4.69) is 5.32 Å². The van der Waals surface area contributed by atoms with E-state index < -0.39 is 16.9 Å². The molecule has 1 atom stereocenters. The zero-order valence-corrected chi connectivity index (χ0v) is 13.1. The van der Waals surface area contributed by atoms with Crippen molar-refractivity contribution < 1.29 is 14.8 Å². The van der Waals surface area contributed by atoms with Crippen molar-refractivity contribution in [1.82, 2.24) is 5.32 Å². The van der Waals surface area contributed by atoms with Crippen LogP contribution in [0.25, 0.3) is 0 Å². The van der Waals surface area contributed by atoms with E-state index in [4.69, 9.17) is 11.6 Å². The van der Waals surface area contributed by atoms with Crippen LogP contribution in [0.1, 0.15) is 27.6 Å². The highest BCUT2D eigenvalue weighted by atomic mass is 35.5. The van der Waals surface area contributed by atoms with E-state index >= 15 is 0 Å². The van der Waals surface area contributed by atoms with Crippen molar-refractivity contribution in [3.8, 4) is 0 Å². The van der Waals surface area contributed by atoms with Crippen molar-refractivity contribution in [2.24, 2.45) is 0 Å². The van der Waals surface area contributed by atoms with E-state index in [0.717, 1.165) is 0 Å². The van der Waals surface area contributed by atoms with Crippen LogP contribution >= 0.6 is 11.6 Å². The summed E-state index contributed by atoms with van der Waals surface area (Å²) in [6.45, 7) is 1.51. The number of carbonyl (C=O) groups excluding carboxylic acids is 1. The summed E-state index contributed by atoms with van der Waals surface area (Å²) in [5.41, 5.74) is 1.000. The number of carbonyl (C=O) groups is 1. The second kappa shape index (κ2) is 7.21. The summed E-state index contributed by atoms with van der Waals surface area (Å²) in [5, 5.41) is 24.1. The Morgan fingerprint density at radius 1 is 1.30 bits per heavy atom. The lowest BCUT2D eigenvalue weighted by molar-refractivity contribution is -0.385. The number of hydrogen-bond donors (Lipinski definition) is 2. The summed E-state index contributed by atoms with van der Waals surface area (Å²) < 4.78 is 0. The second-order valence-electron chi connectivity index (χ2n) is 4.98. The molecule has 23 heavy (non-hydrogen) atoms. The van der Waals surface area contributed by atoms with Gasteiger partial charge in [-0.3, -0.25) is 14.9 Å². The van der Waals surface area contributed by atoms with Crippen LogP contribution in [-0.2, 0) is 0 Å². The lowest BCUT2D eigenvalue weighted by Crippen LogP contribution is -2.29. The van der Waals surface area contributed by atoms with Gasteiger partial charge in [0.2, 0.25) is 0 Å². The fourth-order valence-corrected chi connectivity index (χ4v) is 2.28. The SMILES string of the molecule is Cc1c(C(=O)NCC(O)c2ccc(Cl)cc2)cccc1[N+](=O)[O-]. The first kappa shape index (κ1) is 16.9. The van der Waals surface area contributed by atoms with Crippen LogP contribution in [0, 0.1) is 17.0 Å². The molecule has 0 aliphatic carbocycles. The van der Waals surface area contributed by atoms with Crippen LogP contribution in [0.3, 0.4) is 0 Å². The van der Waals surface area contributed by atoms with E-state index in [1.54, 1.807) is 24.3 Å². The number of nitrogens with zero attached hydrogens (tertiary/aromatic N) is 1. The lowest BCUT2D eigenvalue weighted by Gasteiger charge is -2.13. The molecule has 2 aromatic carbocycles. The van der Waals surface area contributed by atoms with Gasteiger partial charge >= 0.3 is 0 Å². The number of nitrogens with one attached hydrogen (secondary N) is 1. The lowest BCUT2D eigenvalue weighted by atomic mass is 10.1. The van der Waals surface area contributed by atoms with Crippen molar-refractivity contribution in [2.45, 2.75) is 13.0 Å². The van der Waals surface area contributed by atoms with E-state index in [0.29, 0.717) is 10.6 Å². The van der Waals surface area contributed by atoms with Gasteiger partial charge in [-0.25, -0.2) is 0 Å². The van der Waals surface area contributed by atoms with Crippen LogP contribution in [0.2, 0.25) is 5.02 Å². The third-order valence-electron chi connectivity index (χ3n) is 3.46. The fraction of sp³-hybridized carbons (Fsp3) is 0.188. The average molecular weight is 335 g/mol. The molecule has 0 bridgehead atoms. The molecular weight excluding hydrogens is 320 g/mol. The summed E-state index contributed by atoms with van der Waals surface area (Å²) in [5.74, 6) is -0.473. The summed E-state index contributed by atoms with van der Waals surface area (Å²) in [6.07, 6.45) is -0.893. The predicted octanol–water partition coefficient (Wildman–Crippen LogP) is 3.02. The summed E-state index contributed by atoms with van der Waals surface area (Å²) in [6, 6.07) is 10.9. The highest BCUT2D eigenvalue weighted by Gasteiger charge is 2.18. The molecule has 0 aromatic heterocycles. The van der Waals surface area contributed by atoms with E-state index in [9.17, 15) is 20.0 Å². The van der Waals surface area contributed by atoms with Gasteiger partial charge in [0.05, 0.1) is 11.0 Å². The van der Waals surface area contributed by atoms with E-state index in [1.165, 1.54) is 25.1 Å². The first-order valence-electron chi connectivity index (χ1n) is 6.86. The Labute approximate surface area is 137 Å². The Kier molecular flexibility index (Phi) is 5.31. The Morgan fingerprint density at radius 3 is 2.57 bits per heavy atom. The molecule has 7 heteroatoms. The van der Waals surface area contributed by atoms with Gasteiger partial charge in [-0.2, -0.15) is 0 Å². The maximum Gasteiger partial charge on any atom is 0.273 e. The van der Waals surface area contributed by atoms with Crippen LogP contribution < -0.4 is 5.32 Å². The molecule has 1 amide bonds. The van der Waals surface area contributed by atoms with Crippen molar-refractivity contribution >= 4 is 23.2 Å². The number of benzene rings is 2. The Balaban J connectivity index is 2.06. The molecule has 0 aliphatic heterocycles. The Morgan fingerprint density at radius 2 is 1.96 bits per heavy atom. The molecule has 0 fully saturated rings. The quantitative estimate of drug-likeness (QED) is 0.649. The third-order valence-corrected chi connectivity index (χ3v) is 3.71. The number of rotatable bonds is 5. The van der Waals surface area contributed by atoms with E-state index in [1.807, 2.05) is 0 Å². The van der Waals surface area contributed by atoms with Crippen LogP contribution in [0.4, 0.5) is 5.69 Å². The number of nitro benzene ring substituents is 1. The van der Waals surface area contributed by atoms with Gasteiger partial charge in [0.1, 0.15) is 0 Å². The maximum atomic E-state index is 12.2. The monoisotopic (exact) mass is 334 g/mol. The van der Waals surface area contributed by atoms with Gasteiger partial charge in [-0.1, -0.05) is 29.8 Å². The molecule has 0 heterocycles. The maximum absolute atomic E-state index is 12.2.